The fraction of sp³-hybridized carbons (Fsp3) is 0.938. The molecule has 7 heteroatoms. The van der Waals surface area contributed by atoms with Gasteiger partial charge in [-0.25, -0.2) is 8.42 Å². The third-order valence-corrected chi connectivity index (χ3v) is 6.28. The fourth-order valence-electron chi connectivity index (χ4n) is 3.29. The topological polar surface area (TPSA) is 66.9 Å². The Morgan fingerprint density at radius 3 is 2.57 bits per heavy atom. The van der Waals surface area contributed by atoms with Crippen molar-refractivity contribution < 1.29 is 17.9 Å². The van der Waals surface area contributed by atoms with Gasteiger partial charge in [-0.1, -0.05) is 13.8 Å². The number of carbonyl (C=O) groups excluding carboxylic acids is 1. The van der Waals surface area contributed by atoms with Crippen LogP contribution in [0.5, 0.6) is 0 Å². The van der Waals surface area contributed by atoms with Crippen LogP contribution in [-0.2, 0) is 19.4 Å². The molecule has 1 unspecified atom stereocenters. The highest BCUT2D eigenvalue weighted by Crippen LogP contribution is 2.20. The van der Waals surface area contributed by atoms with Crippen LogP contribution in [0.2, 0.25) is 0 Å². The van der Waals surface area contributed by atoms with Gasteiger partial charge >= 0.3 is 0 Å². The molecule has 23 heavy (non-hydrogen) atoms. The number of rotatable bonds is 7. The quantitative estimate of drug-likeness (QED) is 0.681. The molecule has 6 nitrogen and oxygen atoms in total. The summed E-state index contributed by atoms with van der Waals surface area (Å²) in [6.45, 7) is 9.07. The van der Waals surface area contributed by atoms with Crippen LogP contribution >= 0.6 is 0 Å². The van der Waals surface area contributed by atoms with Crippen LogP contribution in [0.3, 0.4) is 0 Å². The lowest BCUT2D eigenvalue weighted by molar-refractivity contribution is -0.134. The molecule has 1 atom stereocenters. The van der Waals surface area contributed by atoms with E-state index in [1.165, 1.54) is 0 Å². The molecule has 2 rings (SSSR count). The number of nitrogens with zero attached hydrogens (tertiary/aromatic N) is 2. The molecule has 0 aromatic carbocycles. The number of carbonyl (C=O) groups is 1. The largest absolute Gasteiger partial charge is 0.379 e. The number of ether oxygens (including phenoxy) is 1. The highest BCUT2D eigenvalue weighted by atomic mass is 32.2. The Morgan fingerprint density at radius 1 is 1.30 bits per heavy atom. The normalized spacial score (nSPS) is 24.9. The summed E-state index contributed by atoms with van der Waals surface area (Å²) < 4.78 is 28.8. The van der Waals surface area contributed by atoms with E-state index >= 15 is 0 Å². The van der Waals surface area contributed by atoms with E-state index in [2.05, 4.69) is 4.90 Å². The van der Waals surface area contributed by atoms with Gasteiger partial charge in [-0.2, -0.15) is 0 Å². The molecule has 2 saturated heterocycles. The molecular weight excluding hydrogens is 316 g/mol. The molecule has 0 aromatic heterocycles. The zero-order chi connectivity index (χ0) is 16.9. The van der Waals surface area contributed by atoms with Crippen LogP contribution < -0.4 is 0 Å². The van der Waals surface area contributed by atoms with Gasteiger partial charge in [0.05, 0.1) is 24.7 Å². The van der Waals surface area contributed by atoms with Crippen LogP contribution in [0.25, 0.3) is 0 Å². The Morgan fingerprint density at radius 2 is 2.00 bits per heavy atom. The van der Waals surface area contributed by atoms with Gasteiger partial charge < -0.3 is 9.64 Å². The number of sulfone groups is 1. The van der Waals surface area contributed by atoms with Gasteiger partial charge in [-0.3, -0.25) is 9.69 Å². The van der Waals surface area contributed by atoms with Gasteiger partial charge in [-0.15, -0.1) is 0 Å². The zero-order valence-electron chi connectivity index (χ0n) is 14.4. The average molecular weight is 346 g/mol. The van der Waals surface area contributed by atoms with E-state index in [1.54, 1.807) is 0 Å². The summed E-state index contributed by atoms with van der Waals surface area (Å²) in [7, 11) is -2.97. The second-order valence-electron chi connectivity index (χ2n) is 7.05. The molecule has 0 N–H and O–H groups in total. The van der Waals surface area contributed by atoms with Crippen molar-refractivity contribution in [1.29, 1.82) is 0 Å². The van der Waals surface area contributed by atoms with E-state index in [-0.39, 0.29) is 23.5 Å². The Balaban J connectivity index is 1.89. The fourth-order valence-corrected chi connectivity index (χ4v) is 5.02. The Kier molecular flexibility index (Phi) is 6.85. The van der Waals surface area contributed by atoms with E-state index in [0.717, 1.165) is 39.3 Å². The van der Waals surface area contributed by atoms with Crippen molar-refractivity contribution in [2.75, 3.05) is 50.9 Å². The lowest BCUT2D eigenvalue weighted by Crippen LogP contribution is -2.44. The van der Waals surface area contributed by atoms with E-state index in [9.17, 15) is 13.2 Å². The minimum atomic E-state index is -2.97. The van der Waals surface area contributed by atoms with Crippen molar-refractivity contribution in [3.63, 3.8) is 0 Å². The van der Waals surface area contributed by atoms with Crippen molar-refractivity contribution in [2.24, 2.45) is 5.92 Å². The van der Waals surface area contributed by atoms with Crippen molar-refractivity contribution >= 4 is 15.7 Å². The molecular formula is C16H30N2O4S. The van der Waals surface area contributed by atoms with Gasteiger partial charge in [0.2, 0.25) is 5.91 Å². The molecule has 2 heterocycles. The number of morpholine rings is 1. The third-order valence-electron chi connectivity index (χ3n) is 4.53. The first-order valence-corrected chi connectivity index (χ1v) is 10.5. The maximum atomic E-state index is 12.5. The summed E-state index contributed by atoms with van der Waals surface area (Å²) in [4.78, 5) is 16.7. The Hall–Kier alpha value is -0.660. The van der Waals surface area contributed by atoms with E-state index in [4.69, 9.17) is 4.74 Å². The molecule has 2 aliphatic rings. The number of amides is 1. The van der Waals surface area contributed by atoms with Gasteiger partial charge in [0.15, 0.2) is 9.84 Å². The van der Waals surface area contributed by atoms with Gasteiger partial charge in [0, 0.05) is 38.6 Å². The van der Waals surface area contributed by atoms with E-state index in [1.807, 2.05) is 18.7 Å². The summed E-state index contributed by atoms with van der Waals surface area (Å²) in [6, 6.07) is -0.129. The van der Waals surface area contributed by atoms with Crippen molar-refractivity contribution in [3.05, 3.63) is 0 Å². The van der Waals surface area contributed by atoms with E-state index in [0.29, 0.717) is 25.3 Å². The average Bonchev–Trinajstić information content (AvgIpc) is 2.83. The number of hydrogen-bond acceptors (Lipinski definition) is 5. The first-order chi connectivity index (χ1) is 10.9. The summed E-state index contributed by atoms with van der Waals surface area (Å²) in [6.07, 6.45) is 1.97. The summed E-state index contributed by atoms with van der Waals surface area (Å²) >= 11 is 0. The smallest absolute Gasteiger partial charge is 0.223 e. The first-order valence-electron chi connectivity index (χ1n) is 8.67. The van der Waals surface area contributed by atoms with Crippen molar-refractivity contribution in [1.82, 2.24) is 9.80 Å². The zero-order valence-corrected chi connectivity index (χ0v) is 15.2. The summed E-state index contributed by atoms with van der Waals surface area (Å²) in [5.41, 5.74) is 0. The minimum absolute atomic E-state index is 0.101. The second kappa shape index (κ2) is 8.44. The van der Waals surface area contributed by atoms with E-state index < -0.39 is 9.84 Å². The highest BCUT2D eigenvalue weighted by molar-refractivity contribution is 7.91. The van der Waals surface area contributed by atoms with Gasteiger partial charge in [0.25, 0.3) is 0 Å². The SMILES string of the molecule is CC(C)CC(=O)N(CCCN1CCOCC1)C1CCS(=O)(=O)C1. The maximum Gasteiger partial charge on any atom is 0.223 e. The number of hydrogen-bond donors (Lipinski definition) is 0. The van der Waals surface area contributed by atoms with Crippen LogP contribution in [0.1, 0.15) is 33.1 Å². The third kappa shape index (κ3) is 6.04. The van der Waals surface area contributed by atoms with Crippen LogP contribution in [0.4, 0.5) is 0 Å². The lowest BCUT2D eigenvalue weighted by atomic mass is 10.1. The molecule has 134 valence electrons. The lowest BCUT2D eigenvalue weighted by Gasteiger charge is -2.31. The molecule has 2 aliphatic heterocycles. The summed E-state index contributed by atoms with van der Waals surface area (Å²) in [5.74, 6) is 0.743. The monoisotopic (exact) mass is 346 g/mol. The Labute approximate surface area is 140 Å². The molecule has 0 aromatic rings. The Bertz CT molecular complexity index is 486. The standard InChI is InChI=1S/C16H30N2O4S/c1-14(2)12-16(19)18(15-4-11-23(20,21)13-15)6-3-5-17-7-9-22-10-8-17/h14-15H,3-13H2,1-2H3. The molecule has 1 amide bonds. The predicted molar refractivity (Wildman–Crippen MR) is 90.1 cm³/mol. The molecule has 2 fully saturated rings. The summed E-state index contributed by atoms with van der Waals surface area (Å²) in [5, 5.41) is 0. The van der Waals surface area contributed by atoms with Gasteiger partial charge in [-0.05, 0) is 18.8 Å². The van der Waals surface area contributed by atoms with Crippen molar-refractivity contribution in [2.45, 2.75) is 39.2 Å². The van der Waals surface area contributed by atoms with Crippen LogP contribution in [0, 0.1) is 5.92 Å². The molecule has 0 aliphatic carbocycles. The molecule has 0 saturated carbocycles. The molecule has 0 radical (unpaired) electrons. The predicted octanol–water partition coefficient (Wildman–Crippen LogP) is 0.771. The van der Waals surface area contributed by atoms with Crippen molar-refractivity contribution in [3.8, 4) is 0 Å². The maximum absolute atomic E-state index is 12.5. The van der Waals surface area contributed by atoms with Crippen LogP contribution in [-0.4, -0.2) is 81.1 Å². The molecule has 0 spiro atoms. The van der Waals surface area contributed by atoms with Gasteiger partial charge in [0.1, 0.15) is 0 Å². The second-order valence-corrected chi connectivity index (χ2v) is 9.28. The van der Waals surface area contributed by atoms with Crippen LogP contribution in [0.15, 0.2) is 0 Å². The molecule has 0 bridgehead atoms. The minimum Gasteiger partial charge on any atom is -0.379 e. The highest BCUT2D eigenvalue weighted by Gasteiger charge is 2.34. The first kappa shape index (κ1) is 18.7.